The molecule has 0 amide bonds. The van der Waals surface area contributed by atoms with E-state index >= 15 is 0 Å². The summed E-state index contributed by atoms with van der Waals surface area (Å²) in [5, 5.41) is 13.0. The third-order valence-corrected chi connectivity index (χ3v) is 3.33. The van der Waals surface area contributed by atoms with Crippen LogP contribution in [0.5, 0.6) is 0 Å². The Bertz CT molecular complexity index is 767. The van der Waals surface area contributed by atoms with E-state index in [0.717, 1.165) is 17.7 Å². The number of fused-ring (bicyclic) bond motifs is 1. The molecule has 21 heavy (non-hydrogen) atoms. The Hall–Kier alpha value is -2.46. The van der Waals surface area contributed by atoms with Crippen LogP contribution in [0.3, 0.4) is 0 Å². The van der Waals surface area contributed by atoms with Gasteiger partial charge >= 0.3 is 0 Å². The van der Waals surface area contributed by atoms with Gasteiger partial charge in [0.25, 0.3) is 5.69 Å². The topological polar surface area (TPSA) is 57.3 Å². The third-order valence-electron chi connectivity index (χ3n) is 3.33. The monoisotopic (exact) mass is 300 g/mol. The molecule has 0 aliphatic rings. The van der Waals surface area contributed by atoms with E-state index in [2.05, 4.69) is 17.1 Å². The third kappa shape index (κ3) is 3.17. The molecule has 0 saturated heterocycles. The molecule has 3 rings (SSSR count). The number of hydrogen-bond acceptors (Lipinski definition) is 2. The first kappa shape index (κ1) is 14.9. The average molecular weight is 301 g/mol. The van der Waals surface area contributed by atoms with Gasteiger partial charge in [-0.05, 0) is 17.0 Å². The fraction of sp³-hybridized carbons (Fsp3) is 0.0625. The van der Waals surface area contributed by atoms with Gasteiger partial charge in [0, 0.05) is 23.6 Å². The van der Waals surface area contributed by atoms with Crippen LogP contribution < -0.4 is 17.4 Å². The summed E-state index contributed by atoms with van der Waals surface area (Å²) in [6.45, 7) is 0. The summed E-state index contributed by atoms with van der Waals surface area (Å²) in [7, 11) is 0. The molecule has 0 radical (unpaired) electrons. The Kier molecular flexibility index (Phi) is 4.50. The molecule has 1 heterocycles. The van der Waals surface area contributed by atoms with E-state index < -0.39 is 0 Å². The molecule has 0 aliphatic heterocycles. The van der Waals surface area contributed by atoms with Gasteiger partial charge in [-0.3, -0.25) is 10.1 Å². The van der Waals surface area contributed by atoms with Crippen molar-refractivity contribution in [2.45, 2.75) is 6.42 Å². The van der Waals surface area contributed by atoms with Crippen LogP contribution in [0.15, 0.2) is 60.8 Å². The Labute approximate surface area is 128 Å². The van der Waals surface area contributed by atoms with Gasteiger partial charge in [0.05, 0.1) is 11.3 Å². The number of rotatable bonds is 3. The zero-order chi connectivity index (χ0) is 13.9. The second kappa shape index (κ2) is 6.33. The van der Waals surface area contributed by atoms with Crippen LogP contribution in [0, 0.1) is 10.1 Å². The minimum Gasteiger partial charge on any atom is -1.00 e. The summed E-state index contributed by atoms with van der Waals surface area (Å²) >= 11 is 0. The van der Waals surface area contributed by atoms with Crippen LogP contribution in [-0.2, 0) is 6.42 Å². The van der Waals surface area contributed by atoms with E-state index in [1.807, 2.05) is 24.4 Å². The Balaban J connectivity index is 0.00000161. The molecule has 3 aromatic rings. The van der Waals surface area contributed by atoms with Gasteiger partial charge in [-0.2, -0.15) is 0 Å². The highest BCUT2D eigenvalue weighted by atomic mass is 35.5. The number of nitrogens with one attached hydrogen (secondary N) is 1. The van der Waals surface area contributed by atoms with Gasteiger partial charge in [0.1, 0.15) is 0 Å². The van der Waals surface area contributed by atoms with Crippen molar-refractivity contribution in [3.63, 3.8) is 0 Å². The quantitative estimate of drug-likeness (QED) is 0.511. The summed E-state index contributed by atoms with van der Waals surface area (Å²) in [6, 6.07) is 16.9. The van der Waals surface area contributed by atoms with Crippen molar-refractivity contribution in [2.24, 2.45) is 0 Å². The molecule has 4 nitrogen and oxygen atoms in total. The maximum atomic E-state index is 10.6. The van der Waals surface area contributed by atoms with Crippen molar-refractivity contribution in [3.8, 4) is 0 Å². The van der Waals surface area contributed by atoms with Crippen LogP contribution in [0.4, 0.5) is 5.69 Å². The minimum atomic E-state index is -0.381. The molecule has 0 saturated carbocycles. The van der Waals surface area contributed by atoms with Crippen molar-refractivity contribution in [2.75, 3.05) is 0 Å². The van der Waals surface area contributed by atoms with Gasteiger partial charge in [-0.25, -0.2) is 4.98 Å². The Morgan fingerprint density at radius 3 is 2.43 bits per heavy atom. The van der Waals surface area contributed by atoms with E-state index in [1.54, 1.807) is 24.3 Å². The maximum Gasteiger partial charge on any atom is 0.269 e. The molecule has 0 aliphatic carbocycles. The van der Waals surface area contributed by atoms with E-state index in [0.29, 0.717) is 0 Å². The highest BCUT2D eigenvalue weighted by Crippen LogP contribution is 2.18. The van der Waals surface area contributed by atoms with Crippen molar-refractivity contribution < 1.29 is 22.3 Å². The van der Waals surface area contributed by atoms with Crippen molar-refractivity contribution >= 4 is 16.5 Å². The predicted octanol–water partition coefficient (Wildman–Crippen LogP) is 0.157. The second-order valence-electron chi connectivity index (χ2n) is 4.64. The fourth-order valence-electron chi connectivity index (χ4n) is 2.31. The average Bonchev–Trinajstić information content (AvgIpc) is 2.48. The number of hydrogen-bond donors (Lipinski definition) is 0. The largest absolute Gasteiger partial charge is 1.00 e. The Morgan fingerprint density at radius 2 is 1.71 bits per heavy atom. The van der Waals surface area contributed by atoms with Crippen LogP contribution in [0.25, 0.3) is 10.8 Å². The molecular weight excluding hydrogens is 288 g/mol. The van der Waals surface area contributed by atoms with Crippen LogP contribution in [0.1, 0.15) is 11.3 Å². The number of aromatic nitrogens is 1. The Morgan fingerprint density at radius 1 is 1.00 bits per heavy atom. The molecular formula is C16H13ClN2O2. The maximum absolute atomic E-state index is 10.6. The van der Waals surface area contributed by atoms with Gasteiger partial charge in [0.2, 0.25) is 0 Å². The zero-order valence-corrected chi connectivity index (χ0v) is 11.9. The first-order valence-corrected chi connectivity index (χ1v) is 6.36. The van der Waals surface area contributed by atoms with E-state index in [1.165, 1.54) is 10.8 Å². The summed E-state index contributed by atoms with van der Waals surface area (Å²) in [5.41, 5.74) is 2.27. The number of non-ortho nitro benzene ring substituents is 1. The summed E-state index contributed by atoms with van der Waals surface area (Å²) in [6.07, 6.45) is 2.64. The molecule has 1 N–H and O–H groups in total. The number of benzene rings is 2. The molecule has 5 heteroatoms. The van der Waals surface area contributed by atoms with Gasteiger partial charge < -0.3 is 12.4 Å². The van der Waals surface area contributed by atoms with E-state index in [-0.39, 0.29) is 23.0 Å². The molecule has 0 spiro atoms. The van der Waals surface area contributed by atoms with E-state index in [9.17, 15) is 10.1 Å². The van der Waals surface area contributed by atoms with Crippen molar-refractivity contribution in [1.82, 2.24) is 0 Å². The number of halogens is 1. The second-order valence-corrected chi connectivity index (χ2v) is 4.64. The standard InChI is InChI=1S/C16H12N2O2.ClH/c19-18(20)14-7-5-12(6-8-14)11-16-15-4-2-1-3-13(15)9-10-17-16;/h1-10H,11H2;1H. The summed E-state index contributed by atoms with van der Waals surface area (Å²) in [5.74, 6) is 0. The molecule has 0 unspecified atom stereocenters. The SMILES string of the molecule is O=[N+]([O-])c1ccc(Cc2[nH+]ccc3ccccc23)cc1.[Cl-]. The number of nitro groups is 1. The molecule has 0 bridgehead atoms. The van der Waals surface area contributed by atoms with Gasteiger partial charge in [0.15, 0.2) is 11.9 Å². The summed E-state index contributed by atoms with van der Waals surface area (Å²) in [4.78, 5) is 13.5. The zero-order valence-electron chi connectivity index (χ0n) is 11.1. The number of pyridine rings is 1. The fourth-order valence-corrected chi connectivity index (χ4v) is 2.31. The normalized spacial score (nSPS) is 10.1. The van der Waals surface area contributed by atoms with Gasteiger partial charge in [-0.1, -0.05) is 30.3 Å². The number of aromatic amines is 1. The first-order chi connectivity index (χ1) is 9.74. The number of nitro benzene ring substituents is 1. The molecule has 106 valence electrons. The minimum absolute atomic E-state index is 0. The highest BCUT2D eigenvalue weighted by Gasteiger charge is 2.10. The first-order valence-electron chi connectivity index (χ1n) is 6.36. The van der Waals surface area contributed by atoms with E-state index in [4.69, 9.17) is 0 Å². The highest BCUT2D eigenvalue weighted by molar-refractivity contribution is 5.83. The lowest BCUT2D eigenvalue weighted by Crippen LogP contribution is -3.00. The predicted molar refractivity (Wildman–Crippen MR) is 76.4 cm³/mol. The van der Waals surface area contributed by atoms with Crippen molar-refractivity contribution in [1.29, 1.82) is 0 Å². The molecule has 0 fully saturated rings. The molecule has 0 atom stereocenters. The lowest BCUT2D eigenvalue weighted by Gasteiger charge is -2.01. The number of H-pyrrole nitrogens is 1. The molecule has 1 aromatic heterocycles. The number of nitrogens with zero attached hydrogens (tertiary/aromatic N) is 1. The lowest BCUT2D eigenvalue weighted by atomic mass is 10.0. The lowest BCUT2D eigenvalue weighted by molar-refractivity contribution is -0.387. The van der Waals surface area contributed by atoms with Crippen LogP contribution in [0.2, 0.25) is 0 Å². The van der Waals surface area contributed by atoms with Crippen LogP contribution in [-0.4, -0.2) is 4.92 Å². The smallest absolute Gasteiger partial charge is 0.269 e. The summed E-state index contributed by atoms with van der Waals surface area (Å²) < 4.78 is 0. The van der Waals surface area contributed by atoms with Crippen LogP contribution >= 0.6 is 0 Å². The molecule has 2 aromatic carbocycles. The van der Waals surface area contributed by atoms with Crippen molar-refractivity contribution in [3.05, 3.63) is 82.2 Å². The van der Waals surface area contributed by atoms with Gasteiger partial charge in [-0.15, -0.1) is 0 Å².